The first kappa shape index (κ1) is 22.1. The first-order valence-electron chi connectivity index (χ1n) is 9.83. The van der Waals surface area contributed by atoms with Crippen LogP contribution < -0.4 is 24.8 Å². The molecule has 0 unspecified atom stereocenters. The van der Waals surface area contributed by atoms with Crippen molar-refractivity contribution < 1.29 is 18.9 Å². The Labute approximate surface area is 168 Å². The molecule has 1 aliphatic heterocycles. The molecule has 0 radical (unpaired) electrons. The molecule has 1 fully saturated rings. The van der Waals surface area contributed by atoms with Crippen molar-refractivity contribution in [2.45, 2.75) is 13.3 Å². The molecule has 0 saturated carbocycles. The third kappa shape index (κ3) is 6.76. The van der Waals surface area contributed by atoms with Crippen molar-refractivity contribution in [2.24, 2.45) is 4.99 Å². The number of nitrogens with one attached hydrogen (secondary N) is 2. The lowest BCUT2D eigenvalue weighted by Crippen LogP contribution is -2.40. The number of morpholine rings is 1. The van der Waals surface area contributed by atoms with Gasteiger partial charge in [0.25, 0.3) is 0 Å². The van der Waals surface area contributed by atoms with Crippen LogP contribution in [0, 0.1) is 0 Å². The molecule has 8 nitrogen and oxygen atoms in total. The molecule has 0 spiro atoms. The lowest BCUT2D eigenvalue weighted by Gasteiger charge is -2.25. The molecule has 0 bridgehead atoms. The van der Waals surface area contributed by atoms with E-state index in [0.717, 1.165) is 75.4 Å². The molecular formula is C20H34N4O4. The van der Waals surface area contributed by atoms with E-state index in [1.807, 2.05) is 12.1 Å². The fourth-order valence-corrected chi connectivity index (χ4v) is 3.10. The van der Waals surface area contributed by atoms with Crippen molar-refractivity contribution in [1.29, 1.82) is 0 Å². The predicted molar refractivity (Wildman–Crippen MR) is 111 cm³/mol. The van der Waals surface area contributed by atoms with E-state index in [-0.39, 0.29) is 0 Å². The molecule has 28 heavy (non-hydrogen) atoms. The Bertz CT molecular complexity index is 593. The molecule has 2 N–H and O–H groups in total. The highest BCUT2D eigenvalue weighted by molar-refractivity contribution is 5.79. The number of guanidine groups is 1. The van der Waals surface area contributed by atoms with Gasteiger partial charge in [0.1, 0.15) is 17.2 Å². The standard InChI is InChI=1S/C20H34N4O4/c1-5-21-20(23-8-9-24-10-12-28-13-11-24)22-7-6-17-18(26-3)14-16(25-2)15-19(17)27-4/h14-15H,5-13H2,1-4H3,(H2,21,22,23). The summed E-state index contributed by atoms with van der Waals surface area (Å²) in [4.78, 5) is 7.06. The van der Waals surface area contributed by atoms with E-state index < -0.39 is 0 Å². The highest BCUT2D eigenvalue weighted by Crippen LogP contribution is 2.34. The van der Waals surface area contributed by atoms with Gasteiger partial charge in [-0.15, -0.1) is 0 Å². The molecule has 8 heteroatoms. The minimum atomic E-state index is 0.711. The molecule has 1 saturated heterocycles. The zero-order valence-corrected chi connectivity index (χ0v) is 17.5. The van der Waals surface area contributed by atoms with Crippen molar-refractivity contribution in [3.8, 4) is 17.2 Å². The number of benzene rings is 1. The summed E-state index contributed by atoms with van der Waals surface area (Å²) in [5.41, 5.74) is 1.00. The Morgan fingerprint density at radius 3 is 2.32 bits per heavy atom. The summed E-state index contributed by atoms with van der Waals surface area (Å²) in [6, 6.07) is 3.75. The number of hydrogen-bond donors (Lipinski definition) is 2. The number of ether oxygens (including phenoxy) is 4. The van der Waals surface area contributed by atoms with Gasteiger partial charge in [0.2, 0.25) is 0 Å². The minimum absolute atomic E-state index is 0.711. The van der Waals surface area contributed by atoms with Crippen LogP contribution in [0.15, 0.2) is 17.1 Å². The van der Waals surface area contributed by atoms with Crippen LogP contribution in [0.5, 0.6) is 17.2 Å². The van der Waals surface area contributed by atoms with E-state index in [1.54, 1.807) is 21.3 Å². The normalized spacial score (nSPS) is 15.2. The van der Waals surface area contributed by atoms with Gasteiger partial charge in [-0.25, -0.2) is 0 Å². The predicted octanol–water partition coefficient (Wildman–Crippen LogP) is 1.14. The van der Waals surface area contributed by atoms with Crippen LogP contribution in [-0.2, 0) is 11.2 Å². The van der Waals surface area contributed by atoms with Crippen molar-refractivity contribution in [3.63, 3.8) is 0 Å². The van der Waals surface area contributed by atoms with Crippen LogP contribution in [0.25, 0.3) is 0 Å². The van der Waals surface area contributed by atoms with Gasteiger partial charge in [0.15, 0.2) is 5.96 Å². The second kappa shape index (κ2) is 12.3. The summed E-state index contributed by atoms with van der Waals surface area (Å²) in [6.45, 7) is 8.88. The summed E-state index contributed by atoms with van der Waals surface area (Å²) in [6.07, 6.45) is 0.740. The van der Waals surface area contributed by atoms with Crippen LogP contribution >= 0.6 is 0 Å². The van der Waals surface area contributed by atoms with Gasteiger partial charge >= 0.3 is 0 Å². The maximum atomic E-state index is 5.52. The number of methoxy groups -OCH3 is 3. The summed E-state index contributed by atoms with van der Waals surface area (Å²) in [5, 5.41) is 6.69. The first-order chi connectivity index (χ1) is 13.7. The number of nitrogens with zero attached hydrogens (tertiary/aromatic N) is 2. The number of rotatable bonds is 10. The Kier molecular flexibility index (Phi) is 9.71. The van der Waals surface area contributed by atoms with E-state index in [0.29, 0.717) is 12.3 Å². The highest BCUT2D eigenvalue weighted by Gasteiger charge is 2.13. The van der Waals surface area contributed by atoms with Crippen molar-refractivity contribution in [2.75, 3.05) is 73.8 Å². The SMILES string of the molecule is CCNC(=NCCN1CCOCC1)NCCc1c(OC)cc(OC)cc1OC. The van der Waals surface area contributed by atoms with Crippen LogP contribution in [-0.4, -0.2) is 84.7 Å². The largest absolute Gasteiger partial charge is 0.496 e. The molecule has 1 aliphatic rings. The van der Waals surface area contributed by atoms with Gasteiger partial charge in [0.05, 0.1) is 41.1 Å². The fourth-order valence-electron chi connectivity index (χ4n) is 3.10. The number of aliphatic imine (C=N–C) groups is 1. The van der Waals surface area contributed by atoms with E-state index in [2.05, 4.69) is 27.4 Å². The molecule has 0 atom stereocenters. The molecular weight excluding hydrogens is 360 g/mol. The van der Waals surface area contributed by atoms with E-state index in [4.69, 9.17) is 18.9 Å². The Hall–Kier alpha value is -2.19. The molecule has 1 heterocycles. The van der Waals surface area contributed by atoms with Crippen molar-refractivity contribution >= 4 is 5.96 Å². The second-order valence-electron chi connectivity index (χ2n) is 6.40. The maximum Gasteiger partial charge on any atom is 0.191 e. The van der Waals surface area contributed by atoms with E-state index in [1.165, 1.54) is 0 Å². The maximum absolute atomic E-state index is 5.52. The third-order valence-corrected chi connectivity index (χ3v) is 4.62. The molecule has 158 valence electrons. The zero-order chi connectivity index (χ0) is 20.2. The van der Waals surface area contributed by atoms with E-state index >= 15 is 0 Å². The average Bonchev–Trinajstić information content (AvgIpc) is 2.74. The van der Waals surface area contributed by atoms with Gasteiger partial charge in [-0.2, -0.15) is 0 Å². The Balaban J connectivity index is 1.91. The van der Waals surface area contributed by atoms with Gasteiger partial charge in [-0.05, 0) is 13.3 Å². The molecule has 0 aromatic heterocycles. The summed E-state index contributed by atoms with van der Waals surface area (Å²) < 4.78 is 21.7. The topological polar surface area (TPSA) is 76.6 Å². The Morgan fingerprint density at radius 2 is 1.75 bits per heavy atom. The second-order valence-corrected chi connectivity index (χ2v) is 6.40. The summed E-state index contributed by atoms with van der Waals surface area (Å²) in [5.74, 6) is 3.05. The smallest absolute Gasteiger partial charge is 0.191 e. The van der Waals surface area contributed by atoms with Crippen LogP contribution in [0.3, 0.4) is 0 Å². The lowest BCUT2D eigenvalue weighted by molar-refractivity contribution is 0.0394. The van der Waals surface area contributed by atoms with E-state index in [9.17, 15) is 0 Å². The van der Waals surface area contributed by atoms with Crippen molar-refractivity contribution in [1.82, 2.24) is 15.5 Å². The third-order valence-electron chi connectivity index (χ3n) is 4.62. The minimum Gasteiger partial charge on any atom is -0.496 e. The van der Waals surface area contributed by atoms with Gasteiger partial charge in [-0.1, -0.05) is 0 Å². The molecule has 1 aromatic carbocycles. The number of hydrogen-bond acceptors (Lipinski definition) is 6. The molecule has 2 rings (SSSR count). The lowest BCUT2D eigenvalue weighted by atomic mass is 10.1. The molecule has 0 amide bonds. The molecule has 0 aliphatic carbocycles. The van der Waals surface area contributed by atoms with Gasteiger partial charge in [0, 0.05) is 50.4 Å². The van der Waals surface area contributed by atoms with Gasteiger partial charge < -0.3 is 29.6 Å². The highest BCUT2D eigenvalue weighted by atomic mass is 16.5. The molecule has 1 aromatic rings. The van der Waals surface area contributed by atoms with Crippen molar-refractivity contribution in [3.05, 3.63) is 17.7 Å². The zero-order valence-electron chi connectivity index (χ0n) is 17.5. The average molecular weight is 395 g/mol. The fraction of sp³-hybridized carbons (Fsp3) is 0.650. The van der Waals surface area contributed by atoms with Crippen LogP contribution in [0.4, 0.5) is 0 Å². The van der Waals surface area contributed by atoms with Crippen LogP contribution in [0.1, 0.15) is 12.5 Å². The quantitative estimate of drug-likeness (QED) is 0.455. The summed E-state index contributed by atoms with van der Waals surface area (Å²) in [7, 11) is 4.94. The van der Waals surface area contributed by atoms with Crippen LogP contribution in [0.2, 0.25) is 0 Å². The van der Waals surface area contributed by atoms with Gasteiger partial charge in [-0.3, -0.25) is 9.89 Å². The Morgan fingerprint density at radius 1 is 1.07 bits per heavy atom. The summed E-state index contributed by atoms with van der Waals surface area (Å²) >= 11 is 0. The first-order valence-corrected chi connectivity index (χ1v) is 9.83. The monoisotopic (exact) mass is 394 g/mol.